The Morgan fingerprint density at radius 1 is 0.700 bits per heavy atom. The topological polar surface area (TPSA) is 84.0 Å². The average molecular weight is 480 g/mol. The fourth-order valence-corrected chi connectivity index (χ4v) is 4.58. The minimum absolute atomic E-state index is 0.00158. The first-order valence-electron chi connectivity index (χ1n) is 8.58. The quantitative estimate of drug-likeness (QED) is 0.359. The smallest absolute Gasteiger partial charge is 0.263 e. The number of hydrogen-bond donors (Lipinski definition) is 2. The highest BCUT2D eigenvalue weighted by Crippen LogP contribution is 2.30. The molecule has 1 heterocycles. The van der Waals surface area contributed by atoms with E-state index in [9.17, 15) is 8.42 Å². The second-order valence-electron chi connectivity index (χ2n) is 6.26. The summed E-state index contributed by atoms with van der Waals surface area (Å²) in [5.74, 6) is 0.211. The summed E-state index contributed by atoms with van der Waals surface area (Å²) >= 11 is 18.1. The highest BCUT2D eigenvalue weighted by Gasteiger charge is 2.19. The second kappa shape index (κ2) is 8.28. The number of para-hydroxylation sites is 2. The Labute approximate surface area is 187 Å². The van der Waals surface area contributed by atoms with Crippen molar-refractivity contribution in [3.8, 4) is 0 Å². The van der Waals surface area contributed by atoms with E-state index in [1.165, 1.54) is 12.1 Å². The predicted molar refractivity (Wildman–Crippen MR) is 122 cm³/mol. The van der Waals surface area contributed by atoms with Crippen molar-refractivity contribution >= 4 is 73.2 Å². The molecule has 10 heteroatoms. The number of sulfonamides is 1. The summed E-state index contributed by atoms with van der Waals surface area (Å²) in [4.78, 5) is 8.95. The molecule has 2 N–H and O–H groups in total. The van der Waals surface area contributed by atoms with Gasteiger partial charge in [-0.2, -0.15) is 0 Å². The van der Waals surface area contributed by atoms with E-state index in [1.807, 2.05) is 6.07 Å². The summed E-state index contributed by atoms with van der Waals surface area (Å²) in [6, 6.07) is 17.9. The van der Waals surface area contributed by atoms with Crippen LogP contribution in [0.4, 0.5) is 17.3 Å². The molecule has 0 aliphatic carbocycles. The fourth-order valence-electron chi connectivity index (χ4n) is 2.74. The summed E-state index contributed by atoms with van der Waals surface area (Å²) in [5.41, 5.74) is 1.63. The van der Waals surface area contributed by atoms with E-state index in [0.29, 0.717) is 31.8 Å². The standard InChI is InChI=1S/C20H13Cl3N4O2S/c21-12-4-3-5-16(11-12)30(28,29)27-20-19(24-15-9-13(22)8-14(23)10-15)25-17-6-1-2-7-18(17)26-20/h1-11H,(H,24,25)(H,26,27). The van der Waals surface area contributed by atoms with Gasteiger partial charge in [0.05, 0.1) is 15.9 Å². The van der Waals surface area contributed by atoms with Gasteiger partial charge in [0, 0.05) is 20.8 Å². The largest absolute Gasteiger partial charge is 0.337 e. The van der Waals surface area contributed by atoms with Gasteiger partial charge >= 0.3 is 0 Å². The fraction of sp³-hybridized carbons (Fsp3) is 0. The third-order valence-electron chi connectivity index (χ3n) is 4.03. The molecule has 0 bridgehead atoms. The number of halogens is 3. The lowest BCUT2D eigenvalue weighted by Crippen LogP contribution is -2.16. The third kappa shape index (κ3) is 4.60. The maximum absolute atomic E-state index is 12.9. The molecule has 0 spiro atoms. The van der Waals surface area contributed by atoms with E-state index < -0.39 is 10.0 Å². The number of rotatable bonds is 5. The summed E-state index contributed by atoms with van der Waals surface area (Å²) < 4.78 is 28.3. The lowest BCUT2D eigenvalue weighted by Gasteiger charge is -2.14. The Morgan fingerprint density at radius 2 is 1.33 bits per heavy atom. The van der Waals surface area contributed by atoms with Crippen LogP contribution in [0.25, 0.3) is 11.0 Å². The van der Waals surface area contributed by atoms with Crippen LogP contribution in [0.3, 0.4) is 0 Å². The van der Waals surface area contributed by atoms with Crippen LogP contribution >= 0.6 is 34.8 Å². The van der Waals surface area contributed by atoms with Gasteiger partial charge in [0.25, 0.3) is 10.0 Å². The first-order valence-corrected chi connectivity index (χ1v) is 11.2. The average Bonchev–Trinajstić information content (AvgIpc) is 2.67. The summed E-state index contributed by atoms with van der Waals surface area (Å²) in [7, 11) is -3.96. The van der Waals surface area contributed by atoms with Crippen LogP contribution in [0.2, 0.25) is 15.1 Å². The number of fused-ring (bicyclic) bond motifs is 1. The van der Waals surface area contributed by atoms with Crippen LogP contribution in [0.1, 0.15) is 0 Å². The van der Waals surface area contributed by atoms with Crippen molar-refractivity contribution in [2.75, 3.05) is 10.0 Å². The Kier molecular flexibility index (Phi) is 5.71. The molecule has 3 aromatic carbocycles. The summed E-state index contributed by atoms with van der Waals surface area (Å²) in [6.45, 7) is 0. The minimum atomic E-state index is -3.96. The van der Waals surface area contributed by atoms with Crippen LogP contribution in [-0.2, 0) is 10.0 Å². The molecule has 152 valence electrons. The monoisotopic (exact) mass is 478 g/mol. The molecule has 0 fully saturated rings. The van der Waals surface area contributed by atoms with Gasteiger partial charge in [0.1, 0.15) is 0 Å². The zero-order chi connectivity index (χ0) is 21.3. The molecule has 6 nitrogen and oxygen atoms in total. The Balaban J connectivity index is 1.80. The molecule has 0 amide bonds. The predicted octanol–water partition coefficient (Wildman–Crippen LogP) is 6.13. The summed E-state index contributed by atoms with van der Waals surface area (Å²) in [6.07, 6.45) is 0. The normalized spacial score (nSPS) is 11.4. The molecule has 0 aliphatic heterocycles. The van der Waals surface area contributed by atoms with Gasteiger partial charge in [0.2, 0.25) is 0 Å². The van der Waals surface area contributed by atoms with Crippen LogP contribution in [0.5, 0.6) is 0 Å². The molecule has 4 rings (SSSR count). The highest BCUT2D eigenvalue weighted by molar-refractivity contribution is 7.92. The van der Waals surface area contributed by atoms with Crippen LogP contribution in [-0.4, -0.2) is 18.4 Å². The zero-order valence-electron chi connectivity index (χ0n) is 15.1. The Morgan fingerprint density at radius 3 is 1.97 bits per heavy atom. The van der Waals surface area contributed by atoms with Crippen molar-refractivity contribution in [1.29, 1.82) is 0 Å². The molecule has 0 saturated heterocycles. The molecule has 0 aliphatic rings. The molecule has 30 heavy (non-hydrogen) atoms. The molecule has 0 atom stereocenters. The van der Waals surface area contributed by atoms with E-state index in [4.69, 9.17) is 34.8 Å². The number of nitrogens with one attached hydrogen (secondary N) is 2. The van der Waals surface area contributed by atoms with E-state index in [0.717, 1.165) is 0 Å². The molecule has 0 saturated carbocycles. The van der Waals surface area contributed by atoms with Crippen LogP contribution in [0.15, 0.2) is 71.6 Å². The SMILES string of the molecule is O=S(=O)(Nc1nc2ccccc2nc1Nc1cc(Cl)cc(Cl)c1)c1cccc(Cl)c1. The number of aromatic nitrogens is 2. The van der Waals surface area contributed by atoms with Gasteiger partial charge in [-0.25, -0.2) is 18.4 Å². The van der Waals surface area contributed by atoms with Gasteiger partial charge in [0.15, 0.2) is 11.6 Å². The van der Waals surface area contributed by atoms with Crippen molar-refractivity contribution in [3.63, 3.8) is 0 Å². The maximum atomic E-state index is 12.9. The van der Waals surface area contributed by atoms with Gasteiger partial charge in [-0.15, -0.1) is 0 Å². The van der Waals surface area contributed by atoms with Crippen molar-refractivity contribution in [2.45, 2.75) is 4.90 Å². The van der Waals surface area contributed by atoms with Crippen molar-refractivity contribution < 1.29 is 8.42 Å². The van der Waals surface area contributed by atoms with Gasteiger partial charge in [-0.1, -0.05) is 53.0 Å². The van der Waals surface area contributed by atoms with Crippen molar-refractivity contribution in [1.82, 2.24) is 9.97 Å². The van der Waals surface area contributed by atoms with Gasteiger partial charge < -0.3 is 5.32 Å². The molecular weight excluding hydrogens is 467 g/mol. The zero-order valence-corrected chi connectivity index (χ0v) is 18.2. The van der Waals surface area contributed by atoms with Crippen LogP contribution in [0, 0.1) is 0 Å². The number of hydrogen-bond acceptors (Lipinski definition) is 5. The number of benzene rings is 3. The molecule has 1 aromatic heterocycles. The summed E-state index contributed by atoms with van der Waals surface area (Å²) in [5, 5.41) is 4.17. The minimum Gasteiger partial charge on any atom is -0.337 e. The van der Waals surface area contributed by atoms with Gasteiger partial charge in [-0.05, 0) is 48.5 Å². The van der Waals surface area contributed by atoms with Crippen molar-refractivity contribution in [3.05, 3.63) is 81.8 Å². The maximum Gasteiger partial charge on any atom is 0.263 e. The third-order valence-corrected chi connectivity index (χ3v) is 6.04. The highest BCUT2D eigenvalue weighted by atomic mass is 35.5. The van der Waals surface area contributed by atoms with E-state index >= 15 is 0 Å². The van der Waals surface area contributed by atoms with E-state index in [1.54, 1.807) is 48.5 Å². The lowest BCUT2D eigenvalue weighted by atomic mass is 10.3. The molecule has 4 aromatic rings. The van der Waals surface area contributed by atoms with Gasteiger partial charge in [-0.3, -0.25) is 4.72 Å². The molecule has 0 unspecified atom stereocenters. The Bertz CT molecular complexity index is 1340. The molecule has 0 radical (unpaired) electrons. The van der Waals surface area contributed by atoms with Crippen LogP contribution < -0.4 is 10.0 Å². The van der Waals surface area contributed by atoms with E-state index in [-0.39, 0.29) is 16.5 Å². The van der Waals surface area contributed by atoms with E-state index in [2.05, 4.69) is 20.0 Å². The second-order valence-corrected chi connectivity index (χ2v) is 9.25. The first kappa shape index (κ1) is 20.7. The Hall–Kier alpha value is -2.58. The molecular formula is C20H13Cl3N4O2S. The first-order chi connectivity index (χ1) is 14.3. The number of nitrogens with zero attached hydrogens (tertiary/aromatic N) is 2. The lowest BCUT2D eigenvalue weighted by molar-refractivity contribution is 0.601. The number of anilines is 3. The van der Waals surface area contributed by atoms with Crippen molar-refractivity contribution in [2.24, 2.45) is 0 Å².